The van der Waals surface area contributed by atoms with E-state index in [4.69, 9.17) is 10.5 Å². The molecule has 0 saturated heterocycles. The van der Waals surface area contributed by atoms with E-state index in [9.17, 15) is 18.0 Å². The molecule has 0 aromatic heterocycles. The molecule has 0 spiro atoms. The van der Waals surface area contributed by atoms with Crippen molar-refractivity contribution < 1.29 is 22.7 Å². The minimum atomic E-state index is -1.58. The van der Waals surface area contributed by atoms with Crippen molar-refractivity contribution in [2.24, 2.45) is 5.73 Å². The van der Waals surface area contributed by atoms with Gasteiger partial charge in [0.2, 0.25) is 5.91 Å². The summed E-state index contributed by atoms with van der Waals surface area (Å²) in [5.74, 6) is -4.92. The maximum atomic E-state index is 12.9. The highest BCUT2D eigenvalue weighted by Crippen LogP contribution is 2.17. The van der Waals surface area contributed by atoms with E-state index in [1.54, 1.807) is 0 Å². The highest BCUT2D eigenvalue weighted by Gasteiger charge is 2.16. The van der Waals surface area contributed by atoms with Crippen LogP contribution in [0.15, 0.2) is 12.1 Å². The molecule has 106 valence electrons. The van der Waals surface area contributed by atoms with Crippen molar-refractivity contribution in [1.82, 2.24) is 0 Å². The van der Waals surface area contributed by atoms with Crippen molar-refractivity contribution in [3.05, 3.63) is 29.6 Å². The number of anilines is 1. The molecule has 4 nitrogen and oxygen atoms in total. The third kappa shape index (κ3) is 4.53. The Balaban J connectivity index is 2.61. The summed E-state index contributed by atoms with van der Waals surface area (Å²) < 4.78 is 43.4. The highest BCUT2D eigenvalue weighted by molar-refractivity contribution is 5.94. The fourth-order valence-electron chi connectivity index (χ4n) is 1.44. The molecule has 0 radical (unpaired) electrons. The summed E-state index contributed by atoms with van der Waals surface area (Å²) >= 11 is 0. The maximum Gasteiger partial charge on any atom is 0.241 e. The number of carbonyl (C=O) groups is 1. The average Bonchev–Trinajstić information content (AvgIpc) is 2.36. The molecule has 19 heavy (non-hydrogen) atoms. The van der Waals surface area contributed by atoms with Crippen LogP contribution in [0.5, 0.6) is 0 Å². The molecular formula is C12H15F3N2O2. The van der Waals surface area contributed by atoms with E-state index < -0.39 is 29.4 Å². The number of rotatable bonds is 6. The quantitative estimate of drug-likeness (QED) is 0.615. The van der Waals surface area contributed by atoms with Crippen LogP contribution in [0.3, 0.4) is 0 Å². The van der Waals surface area contributed by atoms with E-state index in [0.717, 1.165) is 0 Å². The molecule has 0 heterocycles. The first-order chi connectivity index (χ1) is 8.95. The van der Waals surface area contributed by atoms with Crippen molar-refractivity contribution in [1.29, 1.82) is 0 Å². The summed E-state index contributed by atoms with van der Waals surface area (Å²) in [6, 6.07) is 0.558. The number of benzene rings is 1. The lowest BCUT2D eigenvalue weighted by Crippen LogP contribution is -2.35. The molecule has 1 unspecified atom stereocenters. The Morgan fingerprint density at radius 1 is 1.37 bits per heavy atom. The van der Waals surface area contributed by atoms with Gasteiger partial charge in [0.1, 0.15) is 0 Å². The molecule has 0 fully saturated rings. The van der Waals surface area contributed by atoms with Gasteiger partial charge in [0.05, 0.1) is 6.04 Å². The molecule has 0 bridgehead atoms. The first-order valence-corrected chi connectivity index (χ1v) is 5.65. The Hall–Kier alpha value is -1.60. The molecular weight excluding hydrogens is 261 g/mol. The predicted octanol–water partition coefficient (Wildman–Crippen LogP) is 1.80. The molecule has 7 heteroatoms. The Kier molecular flexibility index (Phi) is 5.78. The number of carbonyl (C=O) groups excluding carboxylic acids is 1. The summed E-state index contributed by atoms with van der Waals surface area (Å²) in [4.78, 5) is 11.6. The normalized spacial score (nSPS) is 12.3. The lowest BCUT2D eigenvalue weighted by atomic mass is 10.1. The van der Waals surface area contributed by atoms with Crippen LogP contribution in [0.4, 0.5) is 18.9 Å². The molecule has 1 rings (SSSR count). The zero-order valence-corrected chi connectivity index (χ0v) is 10.4. The van der Waals surface area contributed by atoms with Crippen LogP contribution in [-0.4, -0.2) is 25.7 Å². The number of nitrogens with two attached hydrogens (primary N) is 1. The second kappa shape index (κ2) is 7.10. The number of ether oxygens (including phenoxy) is 1. The van der Waals surface area contributed by atoms with E-state index >= 15 is 0 Å². The number of nitrogens with one attached hydrogen (secondary N) is 1. The van der Waals surface area contributed by atoms with Gasteiger partial charge in [0.15, 0.2) is 17.5 Å². The number of methoxy groups -OCH3 is 1. The number of halogens is 3. The third-order valence-corrected chi connectivity index (χ3v) is 2.45. The molecule has 0 aliphatic carbocycles. The SMILES string of the molecule is COCCCC(N)C(=O)Nc1cc(F)c(F)c(F)c1. The Bertz CT molecular complexity index is 432. The van der Waals surface area contributed by atoms with E-state index in [1.165, 1.54) is 7.11 Å². The molecule has 0 aliphatic rings. The van der Waals surface area contributed by atoms with E-state index in [1.807, 2.05) is 0 Å². The van der Waals surface area contributed by atoms with Crippen LogP contribution in [0.1, 0.15) is 12.8 Å². The number of hydrogen-bond donors (Lipinski definition) is 2. The van der Waals surface area contributed by atoms with Crippen LogP contribution in [0.25, 0.3) is 0 Å². The molecule has 0 saturated carbocycles. The van der Waals surface area contributed by atoms with Gasteiger partial charge in [-0.15, -0.1) is 0 Å². The largest absolute Gasteiger partial charge is 0.385 e. The summed E-state index contributed by atoms with van der Waals surface area (Å²) in [5, 5.41) is 2.23. The lowest BCUT2D eigenvalue weighted by Gasteiger charge is -2.12. The lowest BCUT2D eigenvalue weighted by molar-refractivity contribution is -0.117. The zero-order chi connectivity index (χ0) is 14.4. The summed E-state index contributed by atoms with van der Waals surface area (Å²) in [6.45, 7) is 0.459. The Labute approximate surface area is 108 Å². The Morgan fingerprint density at radius 2 is 1.95 bits per heavy atom. The fourth-order valence-corrected chi connectivity index (χ4v) is 1.44. The highest BCUT2D eigenvalue weighted by atomic mass is 19.2. The molecule has 0 aliphatic heterocycles. The van der Waals surface area contributed by atoms with Crippen molar-refractivity contribution in [2.75, 3.05) is 19.0 Å². The number of amides is 1. The third-order valence-electron chi connectivity index (χ3n) is 2.45. The summed E-state index contributed by atoms with van der Waals surface area (Å²) in [5.41, 5.74) is 5.41. The average molecular weight is 276 g/mol. The Morgan fingerprint density at radius 3 is 2.47 bits per heavy atom. The topological polar surface area (TPSA) is 64.3 Å². The van der Waals surface area contributed by atoms with Crippen molar-refractivity contribution in [3.63, 3.8) is 0 Å². The molecule has 1 amide bonds. The predicted molar refractivity (Wildman–Crippen MR) is 64.0 cm³/mol. The van der Waals surface area contributed by atoms with Gasteiger partial charge in [-0.3, -0.25) is 4.79 Å². The molecule has 1 aromatic carbocycles. The van der Waals surface area contributed by atoms with Crippen molar-refractivity contribution in [2.45, 2.75) is 18.9 Å². The summed E-state index contributed by atoms with van der Waals surface area (Å²) in [6.07, 6.45) is 0.947. The minimum Gasteiger partial charge on any atom is -0.385 e. The first-order valence-electron chi connectivity index (χ1n) is 5.65. The van der Waals surface area contributed by atoms with E-state index in [2.05, 4.69) is 5.32 Å². The zero-order valence-electron chi connectivity index (χ0n) is 10.4. The second-order valence-electron chi connectivity index (χ2n) is 3.98. The van der Waals surface area contributed by atoms with Gasteiger partial charge in [-0.2, -0.15) is 0 Å². The number of hydrogen-bond acceptors (Lipinski definition) is 3. The maximum absolute atomic E-state index is 12.9. The minimum absolute atomic E-state index is 0.177. The van der Waals surface area contributed by atoms with Gasteiger partial charge in [0.25, 0.3) is 0 Å². The van der Waals surface area contributed by atoms with Gasteiger partial charge < -0.3 is 15.8 Å². The van der Waals surface area contributed by atoms with Gasteiger partial charge >= 0.3 is 0 Å². The van der Waals surface area contributed by atoms with E-state index in [-0.39, 0.29) is 5.69 Å². The second-order valence-corrected chi connectivity index (χ2v) is 3.98. The smallest absolute Gasteiger partial charge is 0.241 e. The monoisotopic (exact) mass is 276 g/mol. The van der Waals surface area contributed by atoms with Gasteiger partial charge in [0, 0.05) is 31.5 Å². The molecule has 1 atom stereocenters. The first kappa shape index (κ1) is 15.5. The van der Waals surface area contributed by atoms with E-state index in [0.29, 0.717) is 31.6 Å². The molecule has 3 N–H and O–H groups in total. The van der Waals surface area contributed by atoms with Crippen LogP contribution < -0.4 is 11.1 Å². The van der Waals surface area contributed by atoms with Crippen molar-refractivity contribution >= 4 is 11.6 Å². The van der Waals surface area contributed by atoms with Gasteiger partial charge in [-0.05, 0) is 12.8 Å². The van der Waals surface area contributed by atoms with Gasteiger partial charge in [-0.1, -0.05) is 0 Å². The van der Waals surface area contributed by atoms with Crippen LogP contribution in [0, 0.1) is 17.5 Å². The fraction of sp³-hybridized carbons (Fsp3) is 0.417. The molecule has 1 aromatic rings. The summed E-state index contributed by atoms with van der Waals surface area (Å²) in [7, 11) is 1.52. The van der Waals surface area contributed by atoms with Crippen molar-refractivity contribution in [3.8, 4) is 0 Å². The van der Waals surface area contributed by atoms with Crippen LogP contribution >= 0.6 is 0 Å². The van der Waals surface area contributed by atoms with Crippen LogP contribution in [-0.2, 0) is 9.53 Å². The standard InChI is InChI=1S/C12H15F3N2O2/c1-19-4-2-3-10(16)12(18)17-7-5-8(13)11(15)9(14)6-7/h5-6,10H,2-4,16H2,1H3,(H,17,18). The van der Waals surface area contributed by atoms with Crippen LogP contribution in [0.2, 0.25) is 0 Å². The van der Waals surface area contributed by atoms with Gasteiger partial charge in [-0.25, -0.2) is 13.2 Å².